The largest absolute Gasteiger partial charge is 0.294 e. The number of nitrogens with zero attached hydrogens (tertiary/aromatic N) is 4. The van der Waals surface area contributed by atoms with Crippen LogP contribution in [-0.2, 0) is 6.42 Å². The first-order chi connectivity index (χ1) is 8.70. The second kappa shape index (κ2) is 5.53. The summed E-state index contributed by atoms with van der Waals surface area (Å²) in [7, 11) is 0. The Kier molecular flexibility index (Phi) is 3.82. The molecule has 5 heteroatoms. The van der Waals surface area contributed by atoms with Crippen molar-refractivity contribution in [2.75, 3.05) is 0 Å². The van der Waals surface area contributed by atoms with Gasteiger partial charge in [-0.05, 0) is 19.4 Å². The fraction of sp³-hybridized carbons (Fsp3) is 0.385. The molecule has 18 heavy (non-hydrogen) atoms. The fourth-order valence-electron chi connectivity index (χ4n) is 1.61. The molecule has 0 amide bonds. The van der Waals surface area contributed by atoms with Crippen LogP contribution in [-0.4, -0.2) is 25.5 Å². The van der Waals surface area contributed by atoms with E-state index in [1.807, 2.05) is 16.9 Å². The third-order valence-corrected chi connectivity index (χ3v) is 2.93. The summed E-state index contributed by atoms with van der Waals surface area (Å²) in [5, 5.41) is 4.40. The number of carbonyl (C=O) groups excluding carboxylic acids is 1. The van der Waals surface area contributed by atoms with Crippen LogP contribution in [0.25, 0.3) is 0 Å². The molecule has 0 saturated carbocycles. The van der Waals surface area contributed by atoms with E-state index in [4.69, 9.17) is 0 Å². The minimum Gasteiger partial charge on any atom is -0.294 e. The van der Waals surface area contributed by atoms with Crippen molar-refractivity contribution < 1.29 is 4.79 Å². The van der Waals surface area contributed by atoms with E-state index in [9.17, 15) is 4.79 Å². The highest BCUT2D eigenvalue weighted by Gasteiger charge is 2.11. The van der Waals surface area contributed by atoms with Gasteiger partial charge in [0, 0.05) is 24.6 Å². The molecule has 1 unspecified atom stereocenters. The Balaban J connectivity index is 2.06. The van der Waals surface area contributed by atoms with Crippen molar-refractivity contribution in [3.05, 3.63) is 42.2 Å². The maximum atomic E-state index is 11.9. The Morgan fingerprint density at radius 1 is 1.39 bits per heavy atom. The molecule has 0 aliphatic rings. The third kappa shape index (κ3) is 2.80. The molecule has 2 aromatic rings. The van der Waals surface area contributed by atoms with Crippen LogP contribution in [0.5, 0.6) is 0 Å². The van der Waals surface area contributed by atoms with Crippen LogP contribution in [0.15, 0.2) is 31.0 Å². The molecule has 94 valence electrons. The molecule has 0 radical (unpaired) electrons. The summed E-state index contributed by atoms with van der Waals surface area (Å²) in [5.41, 5.74) is 1.31. The van der Waals surface area contributed by atoms with Gasteiger partial charge in [-0.3, -0.25) is 9.48 Å². The summed E-state index contributed by atoms with van der Waals surface area (Å²) in [6.07, 6.45) is 7.69. The Labute approximate surface area is 106 Å². The molecule has 0 fully saturated rings. The third-order valence-electron chi connectivity index (χ3n) is 2.93. The van der Waals surface area contributed by atoms with Crippen LogP contribution in [0.3, 0.4) is 0 Å². The average molecular weight is 244 g/mol. The SMILES string of the molecule is CCC(C)n1ccc(CC(=O)c2cncnc2)n1. The molecule has 2 heterocycles. The Morgan fingerprint density at radius 2 is 2.11 bits per heavy atom. The summed E-state index contributed by atoms with van der Waals surface area (Å²) in [6, 6.07) is 2.24. The van der Waals surface area contributed by atoms with E-state index in [1.54, 1.807) is 0 Å². The molecule has 0 spiro atoms. The number of hydrogen-bond donors (Lipinski definition) is 0. The van der Waals surface area contributed by atoms with Gasteiger partial charge in [0.25, 0.3) is 0 Å². The Bertz CT molecular complexity index is 521. The van der Waals surface area contributed by atoms with Gasteiger partial charge in [-0.1, -0.05) is 6.92 Å². The number of Topliss-reactive ketones (excluding diaryl/α,β-unsaturated/α-hetero) is 1. The topological polar surface area (TPSA) is 60.7 Å². The maximum absolute atomic E-state index is 11.9. The van der Waals surface area contributed by atoms with E-state index >= 15 is 0 Å². The number of hydrogen-bond acceptors (Lipinski definition) is 4. The molecule has 0 aliphatic heterocycles. The molecule has 5 nitrogen and oxygen atoms in total. The van der Waals surface area contributed by atoms with Crippen LogP contribution in [0.4, 0.5) is 0 Å². The van der Waals surface area contributed by atoms with E-state index in [-0.39, 0.29) is 12.2 Å². The predicted molar refractivity (Wildman–Crippen MR) is 67.3 cm³/mol. The summed E-state index contributed by atoms with van der Waals surface area (Å²) in [4.78, 5) is 19.6. The molecular weight excluding hydrogens is 228 g/mol. The van der Waals surface area contributed by atoms with E-state index in [0.717, 1.165) is 12.1 Å². The highest BCUT2D eigenvalue weighted by molar-refractivity contribution is 5.96. The van der Waals surface area contributed by atoms with Gasteiger partial charge >= 0.3 is 0 Å². The van der Waals surface area contributed by atoms with Crippen molar-refractivity contribution in [3.8, 4) is 0 Å². The van der Waals surface area contributed by atoms with E-state index in [0.29, 0.717) is 11.6 Å². The quantitative estimate of drug-likeness (QED) is 0.755. The van der Waals surface area contributed by atoms with Gasteiger partial charge in [-0.2, -0.15) is 5.10 Å². The molecule has 2 rings (SSSR count). The van der Waals surface area contributed by atoms with E-state index in [2.05, 4.69) is 28.9 Å². The monoisotopic (exact) mass is 244 g/mol. The van der Waals surface area contributed by atoms with E-state index < -0.39 is 0 Å². The lowest BCUT2D eigenvalue weighted by Gasteiger charge is -2.07. The van der Waals surface area contributed by atoms with Gasteiger partial charge in [0.2, 0.25) is 0 Å². The summed E-state index contributed by atoms with van der Waals surface area (Å²) >= 11 is 0. The lowest BCUT2D eigenvalue weighted by molar-refractivity contribution is 0.0991. The van der Waals surface area contributed by atoms with Crippen molar-refractivity contribution in [3.63, 3.8) is 0 Å². The lowest BCUT2D eigenvalue weighted by Crippen LogP contribution is -2.08. The predicted octanol–water partition coefficient (Wildman–Crippen LogP) is 2.07. The molecule has 1 atom stereocenters. The number of aromatic nitrogens is 4. The number of carbonyl (C=O) groups is 1. The minimum absolute atomic E-state index is 0.00926. The van der Waals surface area contributed by atoms with Gasteiger partial charge in [-0.15, -0.1) is 0 Å². The lowest BCUT2D eigenvalue weighted by atomic mass is 10.1. The molecule has 0 aliphatic carbocycles. The van der Waals surface area contributed by atoms with Crippen LogP contribution in [0, 0.1) is 0 Å². The summed E-state index contributed by atoms with van der Waals surface area (Å²) < 4.78 is 1.89. The van der Waals surface area contributed by atoms with Gasteiger partial charge in [0.15, 0.2) is 5.78 Å². The summed E-state index contributed by atoms with van der Waals surface area (Å²) in [6.45, 7) is 4.21. The second-order valence-corrected chi connectivity index (χ2v) is 4.27. The smallest absolute Gasteiger partial charge is 0.171 e. The van der Waals surface area contributed by atoms with Crippen LogP contribution < -0.4 is 0 Å². The standard InChI is InChI=1S/C13H16N4O/c1-3-10(2)17-5-4-12(16-17)6-13(18)11-7-14-9-15-8-11/h4-5,7-10H,3,6H2,1-2H3. The van der Waals surface area contributed by atoms with Crippen molar-refractivity contribution in [1.29, 1.82) is 0 Å². The highest BCUT2D eigenvalue weighted by Crippen LogP contribution is 2.10. The zero-order chi connectivity index (χ0) is 13.0. The Morgan fingerprint density at radius 3 is 2.78 bits per heavy atom. The van der Waals surface area contributed by atoms with Crippen LogP contribution in [0.1, 0.15) is 42.4 Å². The van der Waals surface area contributed by atoms with Gasteiger partial charge in [-0.25, -0.2) is 9.97 Å². The van der Waals surface area contributed by atoms with Crippen molar-refractivity contribution in [2.45, 2.75) is 32.7 Å². The second-order valence-electron chi connectivity index (χ2n) is 4.27. The fourth-order valence-corrected chi connectivity index (χ4v) is 1.61. The van der Waals surface area contributed by atoms with Crippen molar-refractivity contribution >= 4 is 5.78 Å². The van der Waals surface area contributed by atoms with Crippen molar-refractivity contribution in [2.24, 2.45) is 0 Å². The zero-order valence-electron chi connectivity index (χ0n) is 10.6. The molecular formula is C13H16N4O. The van der Waals surface area contributed by atoms with Crippen LogP contribution in [0.2, 0.25) is 0 Å². The molecule has 2 aromatic heterocycles. The van der Waals surface area contributed by atoms with Gasteiger partial charge in [0.05, 0.1) is 17.7 Å². The van der Waals surface area contributed by atoms with Gasteiger partial charge < -0.3 is 0 Å². The molecule has 0 N–H and O–H groups in total. The number of rotatable bonds is 5. The first-order valence-electron chi connectivity index (χ1n) is 6.03. The minimum atomic E-state index is -0.00926. The van der Waals surface area contributed by atoms with Gasteiger partial charge in [0.1, 0.15) is 6.33 Å². The molecule has 0 saturated heterocycles. The first kappa shape index (κ1) is 12.4. The number of ketones is 1. The Hall–Kier alpha value is -2.04. The maximum Gasteiger partial charge on any atom is 0.171 e. The first-order valence-corrected chi connectivity index (χ1v) is 6.03. The zero-order valence-corrected chi connectivity index (χ0v) is 10.6. The molecule has 0 bridgehead atoms. The highest BCUT2D eigenvalue weighted by atomic mass is 16.1. The summed E-state index contributed by atoms with van der Waals surface area (Å²) in [5.74, 6) is -0.00926. The van der Waals surface area contributed by atoms with Crippen molar-refractivity contribution in [1.82, 2.24) is 19.7 Å². The van der Waals surface area contributed by atoms with E-state index in [1.165, 1.54) is 18.7 Å². The normalized spacial score (nSPS) is 12.3. The van der Waals surface area contributed by atoms with Crippen LogP contribution >= 0.6 is 0 Å². The molecule has 0 aromatic carbocycles. The average Bonchev–Trinajstić information content (AvgIpc) is 2.87.